The van der Waals surface area contributed by atoms with Crippen molar-refractivity contribution in [2.75, 3.05) is 12.3 Å². The number of nitrogens with zero attached hydrogens (tertiary/aromatic N) is 2. The van der Waals surface area contributed by atoms with Crippen LogP contribution in [0.4, 0.5) is 4.39 Å². The lowest BCUT2D eigenvalue weighted by molar-refractivity contribution is -0.118. The summed E-state index contributed by atoms with van der Waals surface area (Å²) in [5.41, 5.74) is 1.85. The number of thioether (sulfide) groups is 1. The summed E-state index contributed by atoms with van der Waals surface area (Å²) in [5.74, 6) is 0.00548. The van der Waals surface area contributed by atoms with E-state index in [1.54, 1.807) is 12.1 Å². The fourth-order valence-corrected chi connectivity index (χ4v) is 2.90. The van der Waals surface area contributed by atoms with Gasteiger partial charge in [0.25, 0.3) is 0 Å². The third kappa shape index (κ3) is 4.32. The fourth-order valence-electron chi connectivity index (χ4n) is 2.17. The Bertz CT molecular complexity index is 768. The highest BCUT2D eigenvalue weighted by atomic mass is 32.2. The first-order valence-corrected chi connectivity index (χ1v) is 8.27. The number of rotatable bonds is 6. The summed E-state index contributed by atoms with van der Waals surface area (Å²) in [6, 6.07) is 12.0. The van der Waals surface area contributed by atoms with Crippen molar-refractivity contribution in [3.05, 3.63) is 66.4 Å². The molecule has 1 N–H and O–H groups in total. The molecule has 0 fully saturated rings. The Hall–Kier alpha value is -2.34. The van der Waals surface area contributed by atoms with Crippen LogP contribution in [-0.2, 0) is 11.2 Å². The number of carbonyl (C=O) groups is 1. The molecule has 0 aliphatic heterocycles. The van der Waals surface area contributed by atoms with E-state index in [1.807, 2.05) is 35.0 Å². The van der Waals surface area contributed by atoms with Gasteiger partial charge in [0.05, 0.1) is 11.4 Å². The van der Waals surface area contributed by atoms with E-state index in [0.29, 0.717) is 18.7 Å². The van der Waals surface area contributed by atoms with Gasteiger partial charge in [-0.05, 0) is 36.4 Å². The summed E-state index contributed by atoms with van der Waals surface area (Å²) in [6.45, 7) is 0.548. The minimum atomic E-state index is -0.272. The molecule has 4 nitrogen and oxygen atoms in total. The van der Waals surface area contributed by atoms with Gasteiger partial charge in [-0.15, -0.1) is 11.8 Å². The maximum Gasteiger partial charge on any atom is 0.230 e. The van der Waals surface area contributed by atoms with Gasteiger partial charge in [-0.2, -0.15) is 0 Å². The van der Waals surface area contributed by atoms with Crippen molar-refractivity contribution >= 4 is 23.3 Å². The molecule has 0 atom stereocenters. The Kier molecular flexibility index (Phi) is 4.92. The highest BCUT2D eigenvalue weighted by Gasteiger charge is 2.05. The molecular formula is C17H16FN3OS. The minimum Gasteiger partial charge on any atom is -0.355 e. The largest absolute Gasteiger partial charge is 0.355 e. The summed E-state index contributed by atoms with van der Waals surface area (Å²) in [7, 11) is 0. The summed E-state index contributed by atoms with van der Waals surface area (Å²) in [6.07, 6.45) is 4.60. The summed E-state index contributed by atoms with van der Waals surface area (Å²) < 4.78 is 14.8. The van der Waals surface area contributed by atoms with Crippen molar-refractivity contribution in [3.8, 4) is 0 Å². The van der Waals surface area contributed by atoms with Gasteiger partial charge in [0.1, 0.15) is 11.5 Å². The van der Waals surface area contributed by atoms with E-state index in [-0.39, 0.29) is 11.7 Å². The molecule has 118 valence electrons. The number of nitrogens with one attached hydrogen (secondary N) is 1. The van der Waals surface area contributed by atoms with Crippen molar-refractivity contribution in [1.82, 2.24) is 14.7 Å². The van der Waals surface area contributed by atoms with Gasteiger partial charge in [-0.25, -0.2) is 9.37 Å². The van der Waals surface area contributed by atoms with Crippen LogP contribution in [0, 0.1) is 5.82 Å². The summed E-state index contributed by atoms with van der Waals surface area (Å²) in [4.78, 5) is 17.2. The highest BCUT2D eigenvalue weighted by molar-refractivity contribution is 8.00. The van der Waals surface area contributed by atoms with Crippen molar-refractivity contribution < 1.29 is 9.18 Å². The van der Waals surface area contributed by atoms with Crippen molar-refractivity contribution in [3.63, 3.8) is 0 Å². The topological polar surface area (TPSA) is 46.4 Å². The molecule has 1 aromatic carbocycles. The molecule has 0 aliphatic rings. The van der Waals surface area contributed by atoms with Crippen molar-refractivity contribution in [2.45, 2.75) is 11.3 Å². The lowest BCUT2D eigenvalue weighted by Crippen LogP contribution is -2.27. The molecule has 0 bridgehead atoms. The SMILES string of the molecule is O=C(CSc1ccc(F)cc1)NCCc1cn2ccccc2n1. The number of fused-ring (bicyclic) bond motifs is 1. The van der Waals surface area contributed by atoms with Crippen LogP contribution in [0.1, 0.15) is 5.69 Å². The van der Waals surface area contributed by atoms with E-state index in [0.717, 1.165) is 16.2 Å². The van der Waals surface area contributed by atoms with Crippen LogP contribution in [0.3, 0.4) is 0 Å². The lowest BCUT2D eigenvalue weighted by Gasteiger charge is -2.04. The van der Waals surface area contributed by atoms with E-state index < -0.39 is 0 Å². The second kappa shape index (κ2) is 7.28. The van der Waals surface area contributed by atoms with Gasteiger partial charge in [-0.3, -0.25) is 4.79 Å². The zero-order valence-electron chi connectivity index (χ0n) is 12.4. The zero-order chi connectivity index (χ0) is 16.1. The Morgan fingerprint density at radius 3 is 2.83 bits per heavy atom. The third-order valence-electron chi connectivity index (χ3n) is 3.30. The van der Waals surface area contributed by atoms with E-state index >= 15 is 0 Å². The van der Waals surface area contributed by atoms with Crippen molar-refractivity contribution in [2.24, 2.45) is 0 Å². The molecule has 0 spiro atoms. The van der Waals surface area contributed by atoms with E-state index in [1.165, 1.54) is 23.9 Å². The van der Waals surface area contributed by atoms with Crippen LogP contribution in [0.15, 0.2) is 59.8 Å². The standard InChI is InChI=1S/C17H16FN3OS/c18-13-4-6-15(7-5-13)23-12-17(22)19-9-8-14-11-21-10-2-1-3-16(21)20-14/h1-7,10-11H,8-9,12H2,(H,19,22). The summed E-state index contributed by atoms with van der Waals surface area (Å²) >= 11 is 1.39. The number of carbonyl (C=O) groups excluding carboxylic acids is 1. The molecule has 3 rings (SSSR count). The zero-order valence-corrected chi connectivity index (χ0v) is 13.2. The van der Waals surface area contributed by atoms with Crippen LogP contribution in [0.2, 0.25) is 0 Å². The number of imidazole rings is 1. The Morgan fingerprint density at radius 2 is 2.04 bits per heavy atom. The predicted octanol–water partition coefficient (Wildman–Crippen LogP) is 2.92. The van der Waals surface area contributed by atoms with Crippen LogP contribution in [0.5, 0.6) is 0 Å². The molecule has 2 aromatic heterocycles. The average molecular weight is 329 g/mol. The van der Waals surface area contributed by atoms with Gasteiger partial charge in [-0.1, -0.05) is 6.07 Å². The van der Waals surface area contributed by atoms with Gasteiger partial charge in [0, 0.05) is 30.3 Å². The molecule has 1 amide bonds. The monoisotopic (exact) mass is 329 g/mol. The molecule has 0 saturated heterocycles. The molecular weight excluding hydrogens is 313 g/mol. The van der Waals surface area contributed by atoms with Gasteiger partial charge in [0.15, 0.2) is 0 Å². The molecule has 0 saturated carbocycles. The first-order chi connectivity index (χ1) is 11.2. The van der Waals surface area contributed by atoms with Crippen LogP contribution < -0.4 is 5.32 Å². The summed E-state index contributed by atoms with van der Waals surface area (Å²) in [5, 5.41) is 2.87. The first-order valence-electron chi connectivity index (χ1n) is 7.28. The quantitative estimate of drug-likeness (QED) is 0.707. The number of amides is 1. The van der Waals surface area contributed by atoms with Gasteiger partial charge in [0.2, 0.25) is 5.91 Å². The predicted molar refractivity (Wildman–Crippen MR) is 89.0 cm³/mol. The smallest absolute Gasteiger partial charge is 0.230 e. The number of hydrogen-bond acceptors (Lipinski definition) is 3. The number of benzene rings is 1. The molecule has 6 heteroatoms. The molecule has 0 unspecified atom stereocenters. The number of pyridine rings is 1. The number of hydrogen-bond donors (Lipinski definition) is 1. The first kappa shape index (κ1) is 15.6. The molecule has 0 radical (unpaired) electrons. The number of halogens is 1. The average Bonchev–Trinajstić information content (AvgIpc) is 2.97. The van der Waals surface area contributed by atoms with E-state index in [9.17, 15) is 9.18 Å². The second-order valence-corrected chi connectivity index (χ2v) is 6.09. The van der Waals surface area contributed by atoms with Crippen LogP contribution in [-0.4, -0.2) is 27.6 Å². The maximum atomic E-state index is 12.8. The second-order valence-electron chi connectivity index (χ2n) is 5.04. The van der Waals surface area contributed by atoms with E-state index in [2.05, 4.69) is 10.3 Å². The van der Waals surface area contributed by atoms with Crippen molar-refractivity contribution in [1.29, 1.82) is 0 Å². The maximum absolute atomic E-state index is 12.8. The fraction of sp³-hybridized carbons (Fsp3) is 0.176. The molecule has 2 heterocycles. The Labute approximate surface area is 137 Å². The highest BCUT2D eigenvalue weighted by Crippen LogP contribution is 2.17. The minimum absolute atomic E-state index is 0.0388. The van der Waals surface area contributed by atoms with Crippen LogP contribution >= 0.6 is 11.8 Å². The number of aromatic nitrogens is 2. The van der Waals surface area contributed by atoms with Gasteiger partial charge >= 0.3 is 0 Å². The third-order valence-corrected chi connectivity index (χ3v) is 4.31. The molecule has 23 heavy (non-hydrogen) atoms. The Morgan fingerprint density at radius 1 is 1.22 bits per heavy atom. The van der Waals surface area contributed by atoms with Gasteiger partial charge < -0.3 is 9.72 Å². The van der Waals surface area contributed by atoms with E-state index in [4.69, 9.17) is 0 Å². The molecule has 3 aromatic rings. The molecule has 0 aliphatic carbocycles. The Balaban J connectivity index is 1.43. The normalized spacial score (nSPS) is 10.8. The lowest BCUT2D eigenvalue weighted by atomic mass is 10.3. The van der Waals surface area contributed by atoms with Crippen LogP contribution in [0.25, 0.3) is 5.65 Å².